The molecule has 5 nitrogen and oxygen atoms in total. The number of nitrogens with zero attached hydrogens (tertiary/aromatic N) is 2. The van der Waals surface area contributed by atoms with Crippen molar-refractivity contribution in [1.82, 2.24) is 14.5 Å². The van der Waals surface area contributed by atoms with E-state index in [1.165, 1.54) is 25.8 Å². The van der Waals surface area contributed by atoms with E-state index in [2.05, 4.69) is 22.2 Å². The van der Waals surface area contributed by atoms with Crippen LogP contribution >= 0.6 is 0 Å². The lowest BCUT2D eigenvalue weighted by atomic mass is 10.1. The summed E-state index contributed by atoms with van der Waals surface area (Å²) in [4.78, 5) is 16.6. The van der Waals surface area contributed by atoms with E-state index in [0.29, 0.717) is 6.04 Å². The Bertz CT molecular complexity index is 628. The number of H-pyrrole nitrogens is 1. The Morgan fingerprint density at radius 1 is 1.19 bits per heavy atom. The van der Waals surface area contributed by atoms with Gasteiger partial charge >= 0.3 is 5.69 Å². The maximum absolute atomic E-state index is 11.6. The molecule has 2 heterocycles. The quantitative estimate of drug-likeness (QED) is 0.908. The van der Waals surface area contributed by atoms with E-state index >= 15 is 0 Å². The lowest BCUT2D eigenvalue weighted by Gasteiger charge is -2.18. The second kappa shape index (κ2) is 6.18. The van der Waals surface area contributed by atoms with Crippen molar-refractivity contribution in [1.29, 1.82) is 0 Å². The molecule has 0 radical (unpaired) electrons. The Hall–Kier alpha value is -2.01. The normalized spacial score (nSPS) is 20.1. The van der Waals surface area contributed by atoms with Gasteiger partial charge in [0.1, 0.15) is 0 Å². The topological polar surface area (TPSA) is 53.1 Å². The van der Waals surface area contributed by atoms with Crippen LogP contribution in [0.5, 0.6) is 0 Å². The van der Waals surface area contributed by atoms with E-state index in [1.807, 2.05) is 24.3 Å². The van der Waals surface area contributed by atoms with Crippen LogP contribution in [0.25, 0.3) is 5.69 Å². The van der Waals surface area contributed by atoms with E-state index < -0.39 is 0 Å². The standard InChI is InChI=1S/C16H22N4O/c1-19-10-2-3-13(8-11-19)18-14-4-6-15(7-5-14)20-12-9-17-16(20)21/h4-7,9,12-13,18H,2-3,8,10-11H2,1H3,(H,17,21). The Morgan fingerprint density at radius 2 is 2.00 bits per heavy atom. The molecule has 1 fully saturated rings. The molecule has 1 aliphatic heterocycles. The van der Waals surface area contributed by atoms with Gasteiger partial charge in [-0.2, -0.15) is 0 Å². The minimum absolute atomic E-state index is 0.109. The first kappa shape index (κ1) is 13.9. The zero-order valence-electron chi connectivity index (χ0n) is 12.4. The first-order chi connectivity index (χ1) is 10.2. The number of likely N-dealkylation sites (tertiary alicyclic amines) is 1. The van der Waals surface area contributed by atoms with Gasteiger partial charge in [0.05, 0.1) is 5.69 Å². The molecule has 112 valence electrons. The summed E-state index contributed by atoms with van der Waals surface area (Å²) in [6.45, 7) is 2.34. The fraction of sp³-hybridized carbons (Fsp3) is 0.438. The molecule has 1 aliphatic rings. The molecule has 1 saturated heterocycles. The molecule has 1 aromatic heterocycles. The molecule has 3 rings (SSSR count). The molecule has 1 aromatic carbocycles. The summed E-state index contributed by atoms with van der Waals surface area (Å²) >= 11 is 0. The van der Waals surface area contributed by atoms with Crippen LogP contribution in [-0.2, 0) is 0 Å². The van der Waals surface area contributed by atoms with Crippen LogP contribution in [0.2, 0.25) is 0 Å². The number of imidazole rings is 1. The summed E-state index contributed by atoms with van der Waals surface area (Å²) in [5, 5.41) is 3.61. The van der Waals surface area contributed by atoms with Gasteiger partial charge in [0, 0.05) is 24.1 Å². The van der Waals surface area contributed by atoms with Gasteiger partial charge in [-0.25, -0.2) is 4.79 Å². The van der Waals surface area contributed by atoms with Crippen molar-refractivity contribution >= 4 is 5.69 Å². The van der Waals surface area contributed by atoms with Crippen molar-refractivity contribution in [3.63, 3.8) is 0 Å². The highest BCUT2D eigenvalue weighted by atomic mass is 16.1. The van der Waals surface area contributed by atoms with Crippen LogP contribution < -0.4 is 11.0 Å². The van der Waals surface area contributed by atoms with Crippen LogP contribution in [0, 0.1) is 0 Å². The van der Waals surface area contributed by atoms with Crippen LogP contribution in [0.3, 0.4) is 0 Å². The summed E-state index contributed by atoms with van der Waals surface area (Å²) < 4.78 is 1.60. The molecule has 0 aliphatic carbocycles. The highest BCUT2D eigenvalue weighted by Gasteiger charge is 2.14. The van der Waals surface area contributed by atoms with Crippen molar-refractivity contribution < 1.29 is 0 Å². The molecular formula is C16H22N4O. The molecule has 5 heteroatoms. The van der Waals surface area contributed by atoms with E-state index in [1.54, 1.807) is 17.0 Å². The molecule has 0 spiro atoms. The zero-order chi connectivity index (χ0) is 14.7. The average Bonchev–Trinajstić information content (AvgIpc) is 2.81. The predicted molar refractivity (Wildman–Crippen MR) is 85.1 cm³/mol. The Kier molecular flexibility index (Phi) is 4.10. The number of nitrogens with one attached hydrogen (secondary N) is 2. The lowest BCUT2D eigenvalue weighted by Crippen LogP contribution is -2.23. The molecule has 1 atom stereocenters. The molecule has 2 N–H and O–H groups in total. The van der Waals surface area contributed by atoms with Gasteiger partial charge in [-0.15, -0.1) is 0 Å². The Balaban J connectivity index is 1.67. The van der Waals surface area contributed by atoms with Gasteiger partial charge in [0.25, 0.3) is 0 Å². The van der Waals surface area contributed by atoms with Gasteiger partial charge in [-0.3, -0.25) is 4.57 Å². The van der Waals surface area contributed by atoms with E-state index in [0.717, 1.165) is 17.9 Å². The number of aromatic nitrogens is 2. The summed E-state index contributed by atoms with van der Waals surface area (Å²) in [7, 11) is 2.19. The minimum Gasteiger partial charge on any atom is -0.382 e. The van der Waals surface area contributed by atoms with Crippen LogP contribution in [-0.4, -0.2) is 40.6 Å². The van der Waals surface area contributed by atoms with E-state index in [-0.39, 0.29) is 5.69 Å². The first-order valence-electron chi connectivity index (χ1n) is 7.54. The number of benzene rings is 1. The Morgan fingerprint density at radius 3 is 2.71 bits per heavy atom. The summed E-state index contributed by atoms with van der Waals surface area (Å²) in [5.74, 6) is 0. The zero-order valence-corrected chi connectivity index (χ0v) is 12.4. The second-order valence-corrected chi connectivity index (χ2v) is 5.76. The van der Waals surface area contributed by atoms with Gasteiger partial charge in [0.2, 0.25) is 0 Å². The fourth-order valence-corrected chi connectivity index (χ4v) is 2.86. The second-order valence-electron chi connectivity index (χ2n) is 5.76. The first-order valence-corrected chi connectivity index (χ1v) is 7.54. The van der Waals surface area contributed by atoms with Crippen molar-refractivity contribution in [3.05, 3.63) is 47.1 Å². The Labute approximate surface area is 124 Å². The van der Waals surface area contributed by atoms with Gasteiger partial charge < -0.3 is 15.2 Å². The third-order valence-electron chi connectivity index (χ3n) is 4.12. The summed E-state index contributed by atoms with van der Waals surface area (Å²) in [6.07, 6.45) is 7.02. The molecule has 21 heavy (non-hydrogen) atoms. The largest absolute Gasteiger partial charge is 0.382 e. The SMILES string of the molecule is CN1CCCC(Nc2ccc(-n3cc[nH]c3=O)cc2)CC1. The van der Waals surface area contributed by atoms with Crippen LogP contribution in [0.4, 0.5) is 5.69 Å². The van der Waals surface area contributed by atoms with Crippen molar-refractivity contribution in [2.24, 2.45) is 0 Å². The third kappa shape index (κ3) is 3.36. The third-order valence-corrected chi connectivity index (χ3v) is 4.12. The lowest BCUT2D eigenvalue weighted by molar-refractivity contribution is 0.348. The highest BCUT2D eigenvalue weighted by molar-refractivity contribution is 5.49. The number of hydrogen-bond acceptors (Lipinski definition) is 3. The van der Waals surface area contributed by atoms with Gasteiger partial charge in [-0.1, -0.05) is 0 Å². The van der Waals surface area contributed by atoms with E-state index in [9.17, 15) is 4.79 Å². The highest BCUT2D eigenvalue weighted by Crippen LogP contribution is 2.17. The number of aromatic amines is 1. The molecule has 2 aromatic rings. The van der Waals surface area contributed by atoms with Crippen molar-refractivity contribution in [3.8, 4) is 5.69 Å². The summed E-state index contributed by atoms with van der Waals surface area (Å²) in [5.41, 5.74) is 1.90. The molecular weight excluding hydrogens is 264 g/mol. The van der Waals surface area contributed by atoms with Crippen LogP contribution in [0.15, 0.2) is 41.5 Å². The smallest absolute Gasteiger partial charge is 0.330 e. The summed E-state index contributed by atoms with van der Waals surface area (Å²) in [6, 6.07) is 8.57. The monoisotopic (exact) mass is 286 g/mol. The molecule has 0 amide bonds. The van der Waals surface area contributed by atoms with Gasteiger partial charge in [-0.05, 0) is 63.7 Å². The number of rotatable bonds is 3. The predicted octanol–water partition coefficient (Wildman–Crippen LogP) is 2.06. The van der Waals surface area contributed by atoms with Crippen LogP contribution in [0.1, 0.15) is 19.3 Å². The number of hydrogen-bond donors (Lipinski definition) is 2. The maximum Gasteiger partial charge on any atom is 0.330 e. The van der Waals surface area contributed by atoms with Crippen molar-refractivity contribution in [2.75, 3.05) is 25.5 Å². The van der Waals surface area contributed by atoms with Crippen molar-refractivity contribution in [2.45, 2.75) is 25.3 Å². The average molecular weight is 286 g/mol. The minimum atomic E-state index is -0.109. The maximum atomic E-state index is 11.6. The molecule has 1 unspecified atom stereocenters. The molecule has 0 saturated carbocycles. The van der Waals surface area contributed by atoms with E-state index in [4.69, 9.17) is 0 Å². The van der Waals surface area contributed by atoms with Gasteiger partial charge in [0.15, 0.2) is 0 Å². The number of anilines is 1. The molecule has 0 bridgehead atoms. The fourth-order valence-electron chi connectivity index (χ4n) is 2.86.